The largest absolute Gasteiger partial charge is 4.00 e. The number of benzene rings is 4. The average molecular weight is 698 g/mol. The van der Waals surface area contributed by atoms with E-state index in [0.717, 1.165) is 89.4 Å². The van der Waals surface area contributed by atoms with E-state index < -0.39 is 0 Å². The van der Waals surface area contributed by atoms with Crippen molar-refractivity contribution in [1.29, 1.82) is 0 Å². The van der Waals surface area contributed by atoms with Gasteiger partial charge in [0.05, 0.1) is 22.8 Å². The Hall–Kier alpha value is -6.02. The van der Waals surface area contributed by atoms with Crippen molar-refractivity contribution in [2.45, 2.75) is 0 Å². The van der Waals surface area contributed by atoms with Crippen LogP contribution in [0.3, 0.4) is 0 Å². The molecule has 3 aromatic heterocycles. The molecule has 8 bridgehead atoms. The van der Waals surface area contributed by atoms with Crippen molar-refractivity contribution in [2.75, 3.05) is 0 Å². The van der Waals surface area contributed by atoms with E-state index in [9.17, 15) is 0 Å². The van der Waals surface area contributed by atoms with Gasteiger partial charge in [0.2, 0.25) is 0 Å². The van der Waals surface area contributed by atoms with Gasteiger partial charge >= 0.3 is 18.6 Å². The molecule has 1 radical (unpaired) electrons. The number of aromatic nitrogens is 4. The molecule has 51 heavy (non-hydrogen) atoms. The number of hydrogen-bond donors (Lipinski definition) is 2. The second kappa shape index (κ2) is 14.8. The molecule has 2 aliphatic heterocycles. The summed E-state index contributed by atoms with van der Waals surface area (Å²) in [4.78, 5) is 18.3. The maximum atomic E-state index is 5.35. The van der Waals surface area contributed by atoms with Crippen LogP contribution in [-0.4, -0.2) is 19.9 Å². The Kier molecular flexibility index (Phi) is 10.1. The fourth-order valence-electron chi connectivity index (χ4n) is 6.84. The van der Waals surface area contributed by atoms with Gasteiger partial charge in [-0.25, -0.2) is 9.97 Å². The van der Waals surface area contributed by atoms with Crippen LogP contribution in [-0.2, 0) is 29.5 Å². The Labute approximate surface area is 307 Å². The molecule has 0 amide bonds. The number of hydrogen-bond acceptors (Lipinski definition) is 2. The van der Waals surface area contributed by atoms with Gasteiger partial charge < -0.3 is 20.9 Å². The summed E-state index contributed by atoms with van der Waals surface area (Å²) in [7, 11) is 0. The van der Waals surface area contributed by atoms with Crippen LogP contribution in [0.4, 0.5) is 0 Å². The van der Waals surface area contributed by atoms with E-state index in [1.54, 1.807) is 0 Å². The van der Waals surface area contributed by atoms with Crippen LogP contribution in [0.25, 0.3) is 90.9 Å². The minimum atomic E-state index is 0. The third-order valence-electron chi connectivity index (χ3n) is 9.00. The SMILES string of the molecule is C1=Cc2nc1c(-c1ccccc1)c1ccc([nH]1)c(-c1ccccc1)c1nc(c(-c3ccccc3)c3ccc([nH]3)c2-c2ccccc2)C=C1.[O-2].[O-2].[V+4]. The smallest absolute Gasteiger partial charge is 2.00 e. The zero-order valence-electron chi connectivity index (χ0n) is 27.3. The van der Waals surface area contributed by atoms with E-state index in [-0.39, 0.29) is 29.5 Å². The summed E-state index contributed by atoms with van der Waals surface area (Å²) in [6, 6.07) is 50.7. The number of fused-ring (bicyclic) bond motifs is 8. The first-order valence-corrected chi connectivity index (χ1v) is 16.2. The number of nitrogens with one attached hydrogen (secondary N) is 2. The van der Waals surface area contributed by atoms with Crippen molar-refractivity contribution in [2.24, 2.45) is 0 Å². The molecule has 0 fully saturated rings. The third-order valence-corrected chi connectivity index (χ3v) is 9.00. The Morgan fingerprint density at radius 3 is 0.725 bits per heavy atom. The van der Waals surface area contributed by atoms with Crippen LogP contribution < -0.4 is 0 Å². The number of rotatable bonds is 4. The first-order valence-electron chi connectivity index (χ1n) is 16.2. The molecule has 9 rings (SSSR count). The van der Waals surface area contributed by atoms with Gasteiger partial charge in [-0.3, -0.25) is 0 Å². The van der Waals surface area contributed by atoms with Crippen molar-refractivity contribution >= 4 is 46.4 Å². The van der Waals surface area contributed by atoms with Gasteiger partial charge in [-0.15, -0.1) is 0 Å². The third kappa shape index (κ3) is 6.41. The molecule has 4 aromatic carbocycles. The predicted octanol–water partition coefficient (Wildman–Crippen LogP) is 11.1. The van der Waals surface area contributed by atoms with E-state index in [0.29, 0.717) is 0 Å². The molecule has 0 saturated carbocycles. The molecule has 7 aromatic rings. The van der Waals surface area contributed by atoms with Gasteiger partial charge in [0, 0.05) is 44.3 Å². The van der Waals surface area contributed by atoms with Crippen LogP contribution in [0.15, 0.2) is 146 Å². The minimum absolute atomic E-state index is 0. The first-order chi connectivity index (χ1) is 23.8. The molecule has 0 atom stereocenters. The Morgan fingerprint density at radius 2 is 0.510 bits per heavy atom. The van der Waals surface area contributed by atoms with Crippen LogP contribution in [0, 0.1) is 0 Å². The molecule has 2 N–H and O–H groups in total. The Bertz CT molecular complexity index is 2190. The molecule has 7 heteroatoms. The maximum Gasteiger partial charge on any atom is 4.00 e. The normalized spacial score (nSPS) is 11.3. The molecule has 0 saturated heterocycles. The van der Waals surface area contributed by atoms with E-state index in [2.05, 4.69) is 156 Å². The summed E-state index contributed by atoms with van der Waals surface area (Å²) < 4.78 is 0. The molecular weight excluding hydrogens is 667 g/mol. The van der Waals surface area contributed by atoms with E-state index in [1.807, 2.05) is 24.3 Å². The van der Waals surface area contributed by atoms with Gasteiger partial charge in [-0.1, -0.05) is 121 Å². The van der Waals surface area contributed by atoms with Crippen molar-refractivity contribution < 1.29 is 29.5 Å². The topological polar surface area (TPSA) is 114 Å². The molecule has 0 unspecified atom stereocenters. The molecule has 2 aliphatic rings. The molecule has 243 valence electrons. The monoisotopic (exact) mass is 697 g/mol. The first kappa shape index (κ1) is 34.8. The van der Waals surface area contributed by atoms with E-state index in [1.165, 1.54) is 0 Å². The number of aromatic amines is 2. The second-order valence-electron chi connectivity index (χ2n) is 12.0. The summed E-state index contributed by atoms with van der Waals surface area (Å²) >= 11 is 0. The van der Waals surface area contributed by atoms with Crippen LogP contribution in [0.2, 0.25) is 0 Å². The summed E-state index contributed by atoms with van der Waals surface area (Å²) in [6.07, 6.45) is 8.54. The zero-order chi connectivity index (χ0) is 31.9. The minimum Gasteiger partial charge on any atom is -2.00 e. The second-order valence-corrected chi connectivity index (χ2v) is 12.0. The molecule has 0 aliphatic carbocycles. The standard InChI is InChI=1S/C44H30N4.2O.V/c1-5-13-29(14-6-1)41-33-21-23-35(45-33)42(30-15-7-2-8-16-30)37-25-27-39(47-37)44(32-19-11-4-12-20-32)40-28-26-38(48-40)43(31-17-9-3-10-18-31)36-24-22-34(41)46-36;;;/h1-28,45,48H;;;/q;2*-2;+4. The number of H-pyrrole nitrogens is 2. The quantitative estimate of drug-likeness (QED) is 0.191. The maximum absolute atomic E-state index is 5.35. The van der Waals surface area contributed by atoms with E-state index >= 15 is 0 Å². The van der Waals surface area contributed by atoms with Crippen molar-refractivity contribution in [3.8, 4) is 44.5 Å². The number of nitrogens with zero attached hydrogens (tertiary/aromatic N) is 2. The summed E-state index contributed by atoms with van der Waals surface area (Å²) in [5, 5.41) is 0. The van der Waals surface area contributed by atoms with Gasteiger partial charge in [0.15, 0.2) is 0 Å². The van der Waals surface area contributed by atoms with Gasteiger partial charge in [0.25, 0.3) is 0 Å². The molecule has 6 nitrogen and oxygen atoms in total. The predicted molar refractivity (Wildman–Crippen MR) is 202 cm³/mol. The van der Waals surface area contributed by atoms with Crippen molar-refractivity contribution in [3.05, 3.63) is 168 Å². The van der Waals surface area contributed by atoms with Crippen LogP contribution in [0.1, 0.15) is 22.8 Å². The summed E-state index contributed by atoms with van der Waals surface area (Å²) in [5.74, 6) is 0. The fourth-order valence-corrected chi connectivity index (χ4v) is 6.84. The zero-order valence-corrected chi connectivity index (χ0v) is 28.7. The summed E-state index contributed by atoms with van der Waals surface area (Å²) in [6.45, 7) is 0. The Balaban J connectivity index is 0.00000149. The van der Waals surface area contributed by atoms with E-state index in [4.69, 9.17) is 9.97 Å². The van der Waals surface area contributed by atoms with Gasteiger partial charge in [0.1, 0.15) is 0 Å². The van der Waals surface area contributed by atoms with Crippen LogP contribution >= 0.6 is 0 Å². The summed E-state index contributed by atoms with van der Waals surface area (Å²) in [5.41, 5.74) is 16.2. The van der Waals surface area contributed by atoms with Crippen molar-refractivity contribution in [3.63, 3.8) is 0 Å². The molecular formula is C44H30N4O2V. The average Bonchev–Trinajstić information content (AvgIpc) is 3.98. The molecule has 5 heterocycles. The van der Waals surface area contributed by atoms with Crippen LogP contribution in [0.5, 0.6) is 0 Å². The van der Waals surface area contributed by atoms with Crippen molar-refractivity contribution in [1.82, 2.24) is 19.9 Å². The van der Waals surface area contributed by atoms with Gasteiger partial charge in [-0.05, 0) is 70.8 Å². The fraction of sp³-hybridized carbons (Fsp3) is 0. The Morgan fingerprint density at radius 1 is 0.294 bits per heavy atom. The van der Waals surface area contributed by atoms with Gasteiger partial charge in [-0.2, -0.15) is 0 Å². The molecule has 0 spiro atoms.